The first kappa shape index (κ1) is 14.1. The van der Waals surface area contributed by atoms with Crippen LogP contribution in [0.3, 0.4) is 0 Å². The van der Waals surface area contributed by atoms with Gasteiger partial charge in [0.2, 0.25) is 5.91 Å². The van der Waals surface area contributed by atoms with Crippen molar-refractivity contribution < 1.29 is 9.53 Å². The summed E-state index contributed by atoms with van der Waals surface area (Å²) in [6.07, 6.45) is 2.78. The van der Waals surface area contributed by atoms with Crippen LogP contribution in [0.2, 0.25) is 0 Å². The van der Waals surface area contributed by atoms with Gasteiger partial charge in [0.25, 0.3) is 0 Å². The Morgan fingerprint density at radius 3 is 2.63 bits per heavy atom. The molecule has 0 bridgehead atoms. The van der Waals surface area contributed by atoms with Crippen LogP contribution in [0.25, 0.3) is 0 Å². The van der Waals surface area contributed by atoms with Gasteiger partial charge in [-0.15, -0.1) is 0 Å². The quantitative estimate of drug-likeness (QED) is 0.815. The van der Waals surface area contributed by atoms with E-state index in [1.807, 2.05) is 11.0 Å². The van der Waals surface area contributed by atoms with Crippen molar-refractivity contribution in [2.24, 2.45) is 5.92 Å². The molecule has 3 heteroatoms. The first-order valence-corrected chi connectivity index (χ1v) is 7.15. The fourth-order valence-electron chi connectivity index (χ4n) is 2.40. The predicted molar refractivity (Wildman–Crippen MR) is 75.9 cm³/mol. The molecule has 19 heavy (non-hydrogen) atoms. The second kappa shape index (κ2) is 7.29. The Morgan fingerprint density at radius 1 is 1.26 bits per heavy atom. The molecule has 3 nitrogen and oxygen atoms in total. The molecular formula is C16H23NO2. The Kier molecular flexibility index (Phi) is 5.40. The minimum atomic E-state index is 0.281. The maximum Gasteiger partial charge on any atom is 0.222 e. The number of ether oxygens (including phenoxy) is 1. The molecule has 1 aromatic rings. The van der Waals surface area contributed by atoms with Gasteiger partial charge >= 0.3 is 0 Å². The van der Waals surface area contributed by atoms with Crippen molar-refractivity contribution in [3.63, 3.8) is 0 Å². The van der Waals surface area contributed by atoms with Crippen molar-refractivity contribution >= 4 is 5.91 Å². The molecule has 1 aliphatic heterocycles. The van der Waals surface area contributed by atoms with Crippen LogP contribution in [0.4, 0.5) is 0 Å². The molecular weight excluding hydrogens is 238 g/mol. The van der Waals surface area contributed by atoms with E-state index in [1.165, 1.54) is 5.56 Å². The summed E-state index contributed by atoms with van der Waals surface area (Å²) >= 11 is 0. The third-order valence-electron chi connectivity index (χ3n) is 3.66. The fraction of sp³-hybridized carbons (Fsp3) is 0.562. The van der Waals surface area contributed by atoms with Gasteiger partial charge in [-0.25, -0.2) is 0 Å². The minimum absolute atomic E-state index is 0.281. The summed E-state index contributed by atoms with van der Waals surface area (Å²) in [6.45, 7) is 5.05. The van der Waals surface area contributed by atoms with Gasteiger partial charge in [-0.3, -0.25) is 4.79 Å². The zero-order valence-corrected chi connectivity index (χ0v) is 11.7. The molecule has 0 aliphatic carbocycles. The highest BCUT2D eigenvalue weighted by atomic mass is 16.5. The number of hydrogen-bond acceptors (Lipinski definition) is 2. The highest BCUT2D eigenvalue weighted by Gasteiger charge is 2.18. The lowest BCUT2D eigenvalue weighted by molar-refractivity contribution is -0.136. The van der Waals surface area contributed by atoms with E-state index < -0.39 is 0 Å². The maximum absolute atomic E-state index is 12.1. The highest BCUT2D eigenvalue weighted by molar-refractivity contribution is 5.76. The molecule has 104 valence electrons. The summed E-state index contributed by atoms with van der Waals surface area (Å²) in [7, 11) is 0. The van der Waals surface area contributed by atoms with Gasteiger partial charge in [-0.05, 0) is 24.3 Å². The summed E-state index contributed by atoms with van der Waals surface area (Å²) in [5.41, 5.74) is 1.35. The van der Waals surface area contributed by atoms with Crippen molar-refractivity contribution in [3.8, 4) is 0 Å². The SMILES string of the molecule is CC(CCc1ccccc1)CC(=O)N1CCOCC1. The number of rotatable bonds is 5. The molecule has 0 N–H and O–H groups in total. The van der Waals surface area contributed by atoms with Gasteiger partial charge in [-0.1, -0.05) is 37.3 Å². The summed E-state index contributed by atoms with van der Waals surface area (Å²) in [6, 6.07) is 10.5. The van der Waals surface area contributed by atoms with Crippen LogP contribution in [0.1, 0.15) is 25.3 Å². The van der Waals surface area contributed by atoms with Crippen molar-refractivity contribution in [3.05, 3.63) is 35.9 Å². The number of carbonyl (C=O) groups excluding carboxylic acids is 1. The van der Waals surface area contributed by atoms with Gasteiger partial charge < -0.3 is 9.64 Å². The summed E-state index contributed by atoms with van der Waals surface area (Å²) in [5.74, 6) is 0.722. The summed E-state index contributed by atoms with van der Waals surface area (Å²) in [4.78, 5) is 14.0. The van der Waals surface area contributed by atoms with E-state index in [0.717, 1.165) is 25.9 Å². The van der Waals surface area contributed by atoms with E-state index in [9.17, 15) is 4.79 Å². The number of nitrogens with zero attached hydrogens (tertiary/aromatic N) is 1. The van der Waals surface area contributed by atoms with Crippen molar-refractivity contribution in [1.29, 1.82) is 0 Å². The van der Waals surface area contributed by atoms with Gasteiger partial charge in [-0.2, -0.15) is 0 Å². The summed E-state index contributed by atoms with van der Waals surface area (Å²) in [5, 5.41) is 0. The van der Waals surface area contributed by atoms with Gasteiger partial charge in [0.15, 0.2) is 0 Å². The highest BCUT2D eigenvalue weighted by Crippen LogP contribution is 2.14. The lowest BCUT2D eigenvalue weighted by Crippen LogP contribution is -2.41. The Bertz CT molecular complexity index is 385. The van der Waals surface area contributed by atoms with E-state index in [1.54, 1.807) is 0 Å². The average molecular weight is 261 g/mol. The number of aryl methyl sites for hydroxylation is 1. The minimum Gasteiger partial charge on any atom is -0.378 e. The molecule has 0 aromatic heterocycles. The third-order valence-corrected chi connectivity index (χ3v) is 3.66. The number of amides is 1. The predicted octanol–water partition coefficient (Wildman–Crippen LogP) is 2.50. The van der Waals surface area contributed by atoms with Crippen LogP contribution in [-0.4, -0.2) is 37.1 Å². The molecule has 0 radical (unpaired) electrons. The lowest BCUT2D eigenvalue weighted by atomic mass is 9.97. The van der Waals surface area contributed by atoms with Crippen LogP contribution >= 0.6 is 0 Å². The van der Waals surface area contributed by atoms with Gasteiger partial charge in [0.05, 0.1) is 13.2 Å². The molecule has 1 saturated heterocycles. The standard InChI is InChI=1S/C16H23NO2/c1-14(7-8-15-5-3-2-4-6-15)13-16(18)17-9-11-19-12-10-17/h2-6,14H,7-13H2,1H3. The molecule has 1 unspecified atom stereocenters. The molecule has 0 saturated carbocycles. The van der Waals surface area contributed by atoms with Gasteiger partial charge in [0, 0.05) is 19.5 Å². The second-order valence-electron chi connectivity index (χ2n) is 5.33. The van der Waals surface area contributed by atoms with Crippen LogP contribution < -0.4 is 0 Å². The number of benzene rings is 1. The third kappa shape index (κ3) is 4.67. The second-order valence-corrected chi connectivity index (χ2v) is 5.33. The lowest BCUT2D eigenvalue weighted by Gasteiger charge is -2.28. The molecule has 2 rings (SSSR count). The van der Waals surface area contributed by atoms with Crippen LogP contribution in [0.5, 0.6) is 0 Å². The van der Waals surface area contributed by atoms with Crippen molar-refractivity contribution in [2.75, 3.05) is 26.3 Å². The largest absolute Gasteiger partial charge is 0.378 e. The number of hydrogen-bond donors (Lipinski definition) is 0. The Hall–Kier alpha value is -1.35. The Morgan fingerprint density at radius 2 is 1.95 bits per heavy atom. The maximum atomic E-state index is 12.1. The molecule has 0 spiro atoms. The fourth-order valence-corrected chi connectivity index (χ4v) is 2.40. The van der Waals surface area contributed by atoms with Crippen molar-refractivity contribution in [2.45, 2.75) is 26.2 Å². The molecule has 1 atom stereocenters. The summed E-state index contributed by atoms with van der Waals surface area (Å²) < 4.78 is 5.27. The monoisotopic (exact) mass is 261 g/mol. The molecule has 1 aliphatic rings. The van der Waals surface area contributed by atoms with E-state index in [-0.39, 0.29) is 5.91 Å². The topological polar surface area (TPSA) is 29.5 Å². The number of carbonyl (C=O) groups is 1. The normalized spacial score (nSPS) is 17.2. The molecule has 1 aromatic carbocycles. The zero-order chi connectivity index (χ0) is 13.5. The first-order valence-electron chi connectivity index (χ1n) is 7.15. The van der Waals surface area contributed by atoms with E-state index in [0.29, 0.717) is 25.6 Å². The van der Waals surface area contributed by atoms with Crippen LogP contribution in [-0.2, 0) is 16.0 Å². The van der Waals surface area contributed by atoms with E-state index >= 15 is 0 Å². The van der Waals surface area contributed by atoms with E-state index in [2.05, 4.69) is 31.2 Å². The average Bonchev–Trinajstić information content (AvgIpc) is 2.47. The van der Waals surface area contributed by atoms with Crippen LogP contribution in [0.15, 0.2) is 30.3 Å². The van der Waals surface area contributed by atoms with E-state index in [4.69, 9.17) is 4.74 Å². The van der Waals surface area contributed by atoms with Gasteiger partial charge in [0.1, 0.15) is 0 Å². The Balaban J connectivity index is 1.71. The molecule has 1 fully saturated rings. The molecule has 1 heterocycles. The smallest absolute Gasteiger partial charge is 0.222 e. The number of morpholine rings is 1. The zero-order valence-electron chi connectivity index (χ0n) is 11.7. The first-order chi connectivity index (χ1) is 9.25. The Labute approximate surface area is 115 Å². The molecule has 1 amide bonds. The van der Waals surface area contributed by atoms with Crippen molar-refractivity contribution in [1.82, 2.24) is 4.90 Å². The van der Waals surface area contributed by atoms with Crippen LogP contribution in [0, 0.1) is 5.92 Å².